The van der Waals surface area contributed by atoms with Gasteiger partial charge >= 0.3 is 5.97 Å². The van der Waals surface area contributed by atoms with Crippen molar-refractivity contribution in [1.82, 2.24) is 24.8 Å². The van der Waals surface area contributed by atoms with Crippen molar-refractivity contribution in [1.29, 1.82) is 0 Å². The van der Waals surface area contributed by atoms with Crippen molar-refractivity contribution >= 4 is 63.5 Å². The van der Waals surface area contributed by atoms with Gasteiger partial charge in [0.1, 0.15) is 22.8 Å². The highest BCUT2D eigenvalue weighted by atomic mass is 32.2. The number of hydrogen-bond donors (Lipinski definition) is 2. The number of carbonyl (C=O) groups excluding carboxylic acids is 3. The number of ether oxygens (including phenoxy) is 1. The standard InChI is InChI=1S/C49H41N7O5S3/c1-55-31-51-27-37(55)28-62-39-30-63-46-41(45(58)56(46)42(39)47(59)60-43(32-17-7-2-8-18-32)33-19-9-3-10-20-33)53-44(57)40(38-29-64-48(50)52-38)54-61-49(34-21-11-4-12-22-34,35-23-13-5-14-24-35)36-25-15-6-16-26-36/h2-27,29,31,41,43,46H,28,30H2,1H3,(H2,50,52)(H,53,57)/b54-40-/t41-,46-/m1/s1. The Hall–Kier alpha value is -6.94. The molecule has 3 N–H and O–H groups in total. The molecule has 0 saturated carbocycles. The molecule has 0 spiro atoms. The number of fused-ring (bicyclic) bond motifs is 1. The quantitative estimate of drug-likeness (QED) is 0.0340. The van der Waals surface area contributed by atoms with Gasteiger partial charge in [-0.25, -0.2) is 14.8 Å². The number of nitrogens with one attached hydrogen (secondary N) is 1. The molecule has 2 atom stereocenters. The van der Waals surface area contributed by atoms with E-state index in [1.165, 1.54) is 28.4 Å². The van der Waals surface area contributed by atoms with Crippen LogP contribution in [0, 0.1) is 0 Å². The minimum absolute atomic E-state index is 0.145. The number of nitrogens with zero attached hydrogens (tertiary/aromatic N) is 5. The molecule has 4 heterocycles. The largest absolute Gasteiger partial charge is 0.448 e. The number of β-lactam (4-membered cyclic amide) rings is 1. The van der Waals surface area contributed by atoms with Crippen molar-refractivity contribution in [2.24, 2.45) is 12.2 Å². The lowest BCUT2D eigenvalue weighted by Crippen LogP contribution is -2.71. The number of benzene rings is 5. The zero-order chi connectivity index (χ0) is 44.0. The lowest BCUT2D eigenvalue weighted by atomic mass is 9.80. The topological polar surface area (TPSA) is 154 Å². The van der Waals surface area contributed by atoms with Gasteiger partial charge in [0.2, 0.25) is 5.60 Å². The summed E-state index contributed by atoms with van der Waals surface area (Å²) < 4.78 is 8.28. The number of thiazole rings is 1. The van der Waals surface area contributed by atoms with Crippen LogP contribution in [0.25, 0.3) is 0 Å². The summed E-state index contributed by atoms with van der Waals surface area (Å²) in [5.74, 6) is -0.942. The maximum Gasteiger partial charge on any atom is 0.356 e. The first-order valence-electron chi connectivity index (χ1n) is 20.3. The van der Waals surface area contributed by atoms with Gasteiger partial charge in [-0.1, -0.05) is 157 Å². The number of nitrogens with two attached hydrogens (primary N) is 1. The zero-order valence-electron chi connectivity index (χ0n) is 34.4. The Bertz CT molecular complexity index is 2690. The minimum Gasteiger partial charge on any atom is -0.448 e. The molecule has 15 heteroatoms. The summed E-state index contributed by atoms with van der Waals surface area (Å²) in [7, 11) is 1.90. The van der Waals surface area contributed by atoms with Crippen LogP contribution in [0.5, 0.6) is 0 Å². The highest BCUT2D eigenvalue weighted by Crippen LogP contribution is 2.46. The minimum atomic E-state index is -1.31. The molecular formula is C49H41N7O5S3. The van der Waals surface area contributed by atoms with Crippen LogP contribution in [0.2, 0.25) is 0 Å². The molecule has 9 rings (SSSR count). The van der Waals surface area contributed by atoms with Crippen LogP contribution >= 0.6 is 34.9 Å². The van der Waals surface area contributed by atoms with E-state index in [2.05, 4.69) is 20.4 Å². The van der Waals surface area contributed by atoms with Gasteiger partial charge in [-0.3, -0.25) is 14.5 Å². The Morgan fingerprint density at radius 2 is 1.41 bits per heavy atom. The molecule has 2 aliphatic rings. The van der Waals surface area contributed by atoms with Crippen molar-refractivity contribution in [3.8, 4) is 0 Å². The first-order valence-corrected chi connectivity index (χ1v) is 23.2. The molecule has 64 heavy (non-hydrogen) atoms. The van der Waals surface area contributed by atoms with Gasteiger partial charge < -0.3 is 25.2 Å². The maximum atomic E-state index is 14.6. The summed E-state index contributed by atoms with van der Waals surface area (Å²) in [5.41, 5.74) is 9.74. The van der Waals surface area contributed by atoms with E-state index in [1.807, 2.05) is 163 Å². The normalized spacial score (nSPS) is 16.2. The summed E-state index contributed by atoms with van der Waals surface area (Å²) >= 11 is 4.04. The van der Waals surface area contributed by atoms with Gasteiger partial charge in [0.25, 0.3) is 11.8 Å². The van der Waals surface area contributed by atoms with Gasteiger partial charge in [0.05, 0.1) is 6.33 Å². The second-order valence-electron chi connectivity index (χ2n) is 14.9. The lowest BCUT2D eigenvalue weighted by Gasteiger charge is -2.49. The molecule has 7 aromatic rings. The molecule has 0 radical (unpaired) electrons. The fourth-order valence-corrected chi connectivity index (χ4v) is 10.9. The van der Waals surface area contributed by atoms with Crippen molar-refractivity contribution in [2.45, 2.75) is 28.9 Å². The SMILES string of the molecule is Cn1cncc1CSC1=C(C(=O)OC(c2ccccc2)c2ccccc2)N2C(=O)[C@@H](NC(=O)/C(=N\OC(c3ccccc3)(c3ccccc3)c3ccccc3)c3csc(N)n3)[C@H]2SC1. The van der Waals surface area contributed by atoms with E-state index in [9.17, 15) is 14.4 Å². The fraction of sp³-hybridized carbons (Fsp3) is 0.143. The summed E-state index contributed by atoms with van der Waals surface area (Å²) in [5, 5.41) is 8.75. The first-order chi connectivity index (χ1) is 31.3. The Labute approximate surface area is 382 Å². The van der Waals surface area contributed by atoms with Crippen molar-refractivity contribution in [2.75, 3.05) is 11.5 Å². The van der Waals surface area contributed by atoms with Gasteiger partial charge in [-0.2, -0.15) is 0 Å². The number of anilines is 1. The molecular weight excluding hydrogens is 863 g/mol. The van der Waals surface area contributed by atoms with Crippen LogP contribution in [0.15, 0.2) is 185 Å². The van der Waals surface area contributed by atoms with Crippen LogP contribution in [0.1, 0.15) is 45.3 Å². The van der Waals surface area contributed by atoms with E-state index >= 15 is 0 Å². The molecule has 2 amide bonds. The Morgan fingerprint density at radius 3 is 1.91 bits per heavy atom. The van der Waals surface area contributed by atoms with Crippen molar-refractivity contribution in [3.63, 3.8) is 0 Å². The third-order valence-corrected chi connectivity index (χ3v) is 14.2. The van der Waals surface area contributed by atoms with Crippen LogP contribution in [0.4, 0.5) is 5.13 Å². The molecule has 0 bridgehead atoms. The zero-order valence-corrected chi connectivity index (χ0v) is 36.8. The number of aryl methyl sites for hydroxylation is 1. The van der Waals surface area contributed by atoms with Crippen LogP contribution in [-0.2, 0) is 42.4 Å². The number of oxime groups is 1. The second-order valence-corrected chi connectivity index (χ2v) is 18.0. The summed E-state index contributed by atoms with van der Waals surface area (Å²) in [4.78, 5) is 61.2. The van der Waals surface area contributed by atoms with Crippen LogP contribution in [-0.4, -0.2) is 60.1 Å². The van der Waals surface area contributed by atoms with Crippen molar-refractivity contribution < 1.29 is 24.0 Å². The highest BCUT2D eigenvalue weighted by molar-refractivity contribution is 8.05. The van der Waals surface area contributed by atoms with Gasteiger partial charge in [0, 0.05) is 57.4 Å². The van der Waals surface area contributed by atoms with Gasteiger partial charge in [0.15, 0.2) is 16.9 Å². The van der Waals surface area contributed by atoms with E-state index in [1.54, 1.807) is 17.9 Å². The second kappa shape index (κ2) is 18.8. The first kappa shape index (κ1) is 42.4. The van der Waals surface area contributed by atoms with E-state index in [-0.39, 0.29) is 22.2 Å². The number of nitrogen functional groups attached to an aromatic ring is 1. The van der Waals surface area contributed by atoms with E-state index in [4.69, 9.17) is 15.3 Å². The Kier molecular flexibility index (Phi) is 12.4. The summed E-state index contributed by atoms with van der Waals surface area (Å²) in [6, 6.07) is 46.8. The monoisotopic (exact) mass is 903 g/mol. The fourth-order valence-electron chi connectivity index (χ4n) is 7.72. The third-order valence-electron chi connectivity index (χ3n) is 10.9. The number of aromatic nitrogens is 3. The average Bonchev–Trinajstić information content (AvgIpc) is 3.98. The number of imidazole rings is 1. The van der Waals surface area contributed by atoms with Crippen LogP contribution < -0.4 is 11.1 Å². The molecule has 12 nitrogen and oxygen atoms in total. The van der Waals surface area contributed by atoms with E-state index in [0.29, 0.717) is 16.4 Å². The number of thioether (sulfide) groups is 2. The van der Waals surface area contributed by atoms with Gasteiger partial charge in [-0.05, 0) is 11.1 Å². The molecule has 0 aliphatic carbocycles. The Morgan fingerprint density at radius 1 is 0.859 bits per heavy atom. The highest BCUT2D eigenvalue weighted by Gasteiger charge is 2.55. The molecule has 5 aromatic carbocycles. The van der Waals surface area contributed by atoms with Crippen LogP contribution in [0.3, 0.4) is 0 Å². The molecule has 1 fully saturated rings. The molecule has 2 aromatic heterocycles. The number of rotatable bonds is 15. The molecule has 1 saturated heterocycles. The Balaban J connectivity index is 1.04. The third kappa shape index (κ3) is 8.44. The van der Waals surface area contributed by atoms with E-state index < -0.39 is 40.9 Å². The molecule has 2 aliphatic heterocycles. The number of amides is 2. The predicted octanol–water partition coefficient (Wildman–Crippen LogP) is 8.05. The number of esters is 1. The molecule has 0 unspecified atom stereocenters. The maximum absolute atomic E-state index is 14.6. The predicted molar refractivity (Wildman–Crippen MR) is 251 cm³/mol. The average molecular weight is 904 g/mol. The van der Waals surface area contributed by atoms with Crippen molar-refractivity contribution in [3.05, 3.63) is 219 Å². The lowest BCUT2D eigenvalue weighted by molar-refractivity contribution is -0.154. The molecule has 320 valence electrons. The summed E-state index contributed by atoms with van der Waals surface area (Å²) in [6.45, 7) is 0. The summed E-state index contributed by atoms with van der Waals surface area (Å²) in [6.07, 6.45) is 2.74. The smallest absolute Gasteiger partial charge is 0.356 e. The van der Waals surface area contributed by atoms with E-state index in [0.717, 1.165) is 44.8 Å². The number of hydrogen-bond acceptors (Lipinski definition) is 12. The number of carbonyl (C=O) groups is 3. The van der Waals surface area contributed by atoms with Gasteiger partial charge in [-0.15, -0.1) is 34.9 Å².